The molecule has 3 fully saturated rings. The van der Waals surface area contributed by atoms with Crippen LogP contribution in [0.25, 0.3) is 0 Å². The van der Waals surface area contributed by atoms with Crippen LogP contribution in [-0.2, 0) is 14.4 Å². The van der Waals surface area contributed by atoms with Crippen molar-refractivity contribution in [3.05, 3.63) is 65.7 Å². The largest absolute Gasteiger partial charge is 0.332 e. The second-order valence-corrected chi connectivity index (χ2v) is 8.69. The van der Waals surface area contributed by atoms with E-state index < -0.39 is 35.4 Å². The third-order valence-corrected chi connectivity index (χ3v) is 7.26. The molecule has 32 heavy (non-hydrogen) atoms. The monoisotopic (exact) mass is 431 g/mol. The fourth-order valence-corrected chi connectivity index (χ4v) is 5.82. The second kappa shape index (κ2) is 7.02. The smallest absolute Gasteiger partial charge is 0.300 e. The van der Waals surface area contributed by atoms with E-state index >= 15 is 0 Å². The van der Waals surface area contributed by atoms with Gasteiger partial charge in [0.2, 0.25) is 11.8 Å². The molecule has 3 aliphatic rings. The number of urea groups is 1. The van der Waals surface area contributed by atoms with Crippen LogP contribution in [0.1, 0.15) is 37.4 Å². The number of hydrogen-bond donors (Lipinski definition) is 0. The molecule has 3 aliphatic heterocycles. The van der Waals surface area contributed by atoms with Gasteiger partial charge in [0.15, 0.2) is 0 Å². The van der Waals surface area contributed by atoms with Crippen molar-refractivity contribution in [2.75, 3.05) is 11.4 Å². The van der Waals surface area contributed by atoms with E-state index in [4.69, 9.17) is 0 Å². The topological polar surface area (TPSA) is 78.0 Å². The Morgan fingerprint density at radius 2 is 1.53 bits per heavy atom. The molecule has 0 radical (unpaired) electrons. The van der Waals surface area contributed by atoms with Crippen LogP contribution in [0.5, 0.6) is 0 Å². The Labute approximate surface area is 186 Å². The molecule has 4 atom stereocenters. The molecule has 2 aromatic carbocycles. The van der Waals surface area contributed by atoms with E-state index in [0.29, 0.717) is 5.69 Å². The number of aryl methyl sites for hydroxylation is 1. The number of benzene rings is 2. The Morgan fingerprint density at radius 1 is 0.875 bits per heavy atom. The summed E-state index contributed by atoms with van der Waals surface area (Å²) in [6.45, 7) is 5.78. The average molecular weight is 431 g/mol. The van der Waals surface area contributed by atoms with Crippen LogP contribution >= 0.6 is 0 Å². The summed E-state index contributed by atoms with van der Waals surface area (Å²) in [5.74, 6) is -2.76. The fraction of sp³-hybridized carbons (Fsp3) is 0.360. The summed E-state index contributed by atoms with van der Waals surface area (Å²) in [6.07, 6.45) is 0.251. The predicted molar refractivity (Wildman–Crippen MR) is 117 cm³/mol. The van der Waals surface area contributed by atoms with Crippen LogP contribution in [-0.4, -0.2) is 45.6 Å². The zero-order chi connectivity index (χ0) is 22.8. The van der Waals surface area contributed by atoms with E-state index in [1.807, 2.05) is 44.2 Å². The van der Waals surface area contributed by atoms with Gasteiger partial charge >= 0.3 is 6.03 Å². The van der Waals surface area contributed by atoms with E-state index in [1.54, 1.807) is 31.2 Å². The molecular weight excluding hydrogens is 406 g/mol. The van der Waals surface area contributed by atoms with Crippen LogP contribution < -0.4 is 4.90 Å². The second-order valence-electron chi connectivity index (χ2n) is 8.69. The lowest BCUT2D eigenvalue weighted by Crippen LogP contribution is -2.53. The first kappa shape index (κ1) is 20.4. The first-order chi connectivity index (χ1) is 15.4. The molecule has 3 heterocycles. The van der Waals surface area contributed by atoms with Gasteiger partial charge in [-0.3, -0.25) is 19.3 Å². The van der Waals surface area contributed by atoms with E-state index in [2.05, 4.69) is 0 Å². The number of nitrogens with zero attached hydrogens (tertiary/aromatic N) is 3. The van der Waals surface area contributed by atoms with Crippen molar-refractivity contribution >= 4 is 29.4 Å². The van der Waals surface area contributed by atoms with Gasteiger partial charge in [-0.25, -0.2) is 9.69 Å². The Hall–Kier alpha value is -3.48. The summed E-state index contributed by atoms with van der Waals surface area (Å²) in [6, 6.07) is 15.2. The quantitative estimate of drug-likeness (QED) is 0.550. The van der Waals surface area contributed by atoms with Gasteiger partial charge in [0.05, 0.1) is 23.6 Å². The van der Waals surface area contributed by atoms with Gasteiger partial charge in [0.1, 0.15) is 5.54 Å². The standard InChI is InChI=1S/C25H25N3O4/c1-4-25-19-18(21(29)26(5-2)22(19)30)20(16-13-11-15(3)12-14-16)28(25)24(32)27(23(25)31)17-9-7-6-8-10-17/h6-14,18-20H,4-5H2,1-3H3/t18-,19-,20-,25-/m1/s1. The lowest BCUT2D eigenvalue weighted by molar-refractivity contribution is -0.144. The predicted octanol–water partition coefficient (Wildman–Crippen LogP) is 3.29. The summed E-state index contributed by atoms with van der Waals surface area (Å²) in [5, 5.41) is 0. The van der Waals surface area contributed by atoms with Gasteiger partial charge in [-0.05, 0) is 38.0 Å². The summed E-state index contributed by atoms with van der Waals surface area (Å²) >= 11 is 0. The number of carbonyl (C=O) groups excluding carboxylic acids is 4. The molecule has 2 aromatic rings. The van der Waals surface area contributed by atoms with Crippen molar-refractivity contribution in [3.63, 3.8) is 0 Å². The zero-order valence-corrected chi connectivity index (χ0v) is 18.3. The number of hydrogen-bond acceptors (Lipinski definition) is 4. The first-order valence-corrected chi connectivity index (χ1v) is 11.0. The van der Waals surface area contributed by atoms with Crippen LogP contribution in [0.4, 0.5) is 10.5 Å². The van der Waals surface area contributed by atoms with Gasteiger partial charge in [0.25, 0.3) is 5.91 Å². The number of anilines is 1. The zero-order valence-electron chi connectivity index (χ0n) is 18.3. The molecule has 0 aliphatic carbocycles. The number of para-hydroxylation sites is 1. The Balaban J connectivity index is 1.74. The highest BCUT2D eigenvalue weighted by Crippen LogP contribution is 2.59. The van der Waals surface area contributed by atoms with Crippen molar-refractivity contribution in [1.29, 1.82) is 0 Å². The molecule has 5 amide bonds. The molecule has 3 saturated heterocycles. The lowest BCUT2D eigenvalue weighted by atomic mass is 9.77. The molecule has 0 N–H and O–H groups in total. The summed E-state index contributed by atoms with van der Waals surface area (Å²) in [7, 11) is 0. The Bertz CT molecular complexity index is 1130. The minimum absolute atomic E-state index is 0.246. The Kier molecular flexibility index (Phi) is 4.48. The van der Waals surface area contributed by atoms with Crippen LogP contribution in [0.15, 0.2) is 54.6 Å². The van der Waals surface area contributed by atoms with Crippen LogP contribution in [0, 0.1) is 18.8 Å². The highest BCUT2D eigenvalue weighted by molar-refractivity contribution is 6.26. The number of rotatable bonds is 4. The fourth-order valence-electron chi connectivity index (χ4n) is 5.82. The maximum atomic E-state index is 14.0. The van der Waals surface area contributed by atoms with Gasteiger partial charge in [0, 0.05) is 6.54 Å². The summed E-state index contributed by atoms with van der Waals surface area (Å²) in [4.78, 5) is 58.5. The van der Waals surface area contributed by atoms with E-state index in [0.717, 1.165) is 11.1 Å². The molecule has 0 saturated carbocycles. The van der Waals surface area contributed by atoms with E-state index in [-0.39, 0.29) is 24.8 Å². The molecule has 0 unspecified atom stereocenters. The summed E-state index contributed by atoms with van der Waals surface area (Å²) < 4.78 is 0. The van der Waals surface area contributed by atoms with Gasteiger partial charge in [-0.15, -0.1) is 0 Å². The maximum absolute atomic E-state index is 14.0. The highest BCUT2D eigenvalue weighted by atomic mass is 16.2. The first-order valence-electron chi connectivity index (χ1n) is 11.0. The number of carbonyl (C=O) groups is 4. The van der Waals surface area contributed by atoms with Crippen LogP contribution in [0.3, 0.4) is 0 Å². The third-order valence-electron chi connectivity index (χ3n) is 7.26. The number of fused-ring (bicyclic) bond motifs is 3. The Morgan fingerprint density at radius 3 is 2.12 bits per heavy atom. The molecule has 0 spiro atoms. The number of amides is 5. The van der Waals surface area contributed by atoms with Crippen molar-refractivity contribution in [2.45, 2.75) is 38.8 Å². The van der Waals surface area contributed by atoms with Crippen LogP contribution in [0.2, 0.25) is 0 Å². The molecule has 7 heteroatoms. The highest BCUT2D eigenvalue weighted by Gasteiger charge is 2.76. The van der Waals surface area contributed by atoms with Gasteiger partial charge in [-0.2, -0.15) is 0 Å². The number of imide groups is 2. The van der Waals surface area contributed by atoms with E-state index in [1.165, 1.54) is 14.7 Å². The minimum Gasteiger partial charge on any atom is -0.300 e. The van der Waals surface area contributed by atoms with Crippen molar-refractivity contribution < 1.29 is 19.2 Å². The van der Waals surface area contributed by atoms with Crippen molar-refractivity contribution in [1.82, 2.24) is 9.80 Å². The van der Waals surface area contributed by atoms with Crippen molar-refractivity contribution in [3.8, 4) is 0 Å². The third kappa shape index (κ3) is 2.36. The van der Waals surface area contributed by atoms with Gasteiger partial charge < -0.3 is 4.90 Å². The molecule has 7 nitrogen and oxygen atoms in total. The molecule has 164 valence electrons. The van der Waals surface area contributed by atoms with E-state index in [9.17, 15) is 19.2 Å². The maximum Gasteiger partial charge on any atom is 0.332 e. The summed E-state index contributed by atoms with van der Waals surface area (Å²) in [5.41, 5.74) is 0.886. The number of likely N-dealkylation sites (tertiary alicyclic amines) is 1. The minimum atomic E-state index is -1.39. The van der Waals surface area contributed by atoms with Crippen molar-refractivity contribution in [2.24, 2.45) is 11.8 Å². The molecule has 5 rings (SSSR count). The SMILES string of the molecule is CCN1C(=O)[C@H]2[C@@H](c3ccc(C)cc3)N3C(=O)N(c4ccccc4)C(=O)[C@@]3(CC)[C@H]2C1=O. The molecule has 0 aromatic heterocycles. The molecule has 0 bridgehead atoms. The average Bonchev–Trinajstić information content (AvgIpc) is 3.33. The normalized spacial score (nSPS) is 29.2. The van der Waals surface area contributed by atoms with Gasteiger partial charge in [-0.1, -0.05) is 55.0 Å². The molecular formula is C25H25N3O4. The lowest BCUT2D eigenvalue weighted by Gasteiger charge is -2.34.